The highest BCUT2D eigenvalue weighted by molar-refractivity contribution is 6.17. The van der Waals surface area contributed by atoms with Gasteiger partial charge in [0.15, 0.2) is 0 Å². The van der Waals surface area contributed by atoms with Crippen molar-refractivity contribution in [2.24, 2.45) is 0 Å². The van der Waals surface area contributed by atoms with E-state index in [4.69, 9.17) is 21.1 Å². The van der Waals surface area contributed by atoms with Crippen molar-refractivity contribution < 1.29 is 9.47 Å². The Balaban J connectivity index is 2.33. The van der Waals surface area contributed by atoms with Gasteiger partial charge in [-0.05, 0) is 26.8 Å². The number of methoxy groups -OCH3 is 1. The highest BCUT2D eigenvalue weighted by Gasteiger charge is 2.08. The summed E-state index contributed by atoms with van der Waals surface area (Å²) in [6.07, 6.45) is 2.82. The molecule has 1 heterocycles. The van der Waals surface area contributed by atoms with Crippen LogP contribution < -0.4 is 10.1 Å². The number of aryl methyl sites for hydroxylation is 1. The summed E-state index contributed by atoms with van der Waals surface area (Å²) in [7, 11) is 1.70. The maximum atomic E-state index is 5.52. The number of hydrogen-bond donors (Lipinski definition) is 1. The Morgan fingerprint density at radius 2 is 2.11 bits per heavy atom. The smallest absolute Gasteiger partial charge is 0.128 e. The minimum Gasteiger partial charge on any atom is -0.496 e. The van der Waals surface area contributed by atoms with Crippen LogP contribution in [-0.4, -0.2) is 37.7 Å². The molecule has 0 saturated heterocycles. The molecule has 1 rings (SSSR count). The summed E-state index contributed by atoms with van der Waals surface area (Å²) in [6.45, 7) is 7.06. The van der Waals surface area contributed by atoms with Gasteiger partial charge in [-0.25, -0.2) is 0 Å². The van der Waals surface area contributed by atoms with Gasteiger partial charge < -0.3 is 14.8 Å². The van der Waals surface area contributed by atoms with E-state index in [0.717, 1.165) is 48.7 Å². The molecule has 0 aliphatic carbocycles. The third kappa shape index (κ3) is 5.35. The predicted octanol–water partition coefficient (Wildman–Crippen LogP) is 2.44. The third-order valence-corrected chi connectivity index (χ3v) is 3.06. The molecule has 0 atom stereocenters. The van der Waals surface area contributed by atoms with Crippen LogP contribution in [-0.2, 0) is 11.3 Å². The van der Waals surface area contributed by atoms with Crippen LogP contribution in [0.2, 0.25) is 0 Å². The number of hydrogen-bond acceptors (Lipinski definition) is 4. The molecule has 4 nitrogen and oxygen atoms in total. The third-order valence-electron chi connectivity index (χ3n) is 2.91. The summed E-state index contributed by atoms with van der Waals surface area (Å²) in [6, 6.07) is 0. The molecule has 19 heavy (non-hydrogen) atoms. The molecule has 0 saturated carbocycles. The van der Waals surface area contributed by atoms with Gasteiger partial charge in [-0.15, -0.1) is 11.6 Å². The first-order valence-electron chi connectivity index (χ1n) is 6.54. The summed E-state index contributed by atoms with van der Waals surface area (Å²) in [5.74, 6) is 1.48. The van der Waals surface area contributed by atoms with Crippen molar-refractivity contribution in [3.05, 3.63) is 23.0 Å². The molecule has 1 aromatic heterocycles. The van der Waals surface area contributed by atoms with Crippen LogP contribution in [0, 0.1) is 13.8 Å². The predicted molar refractivity (Wildman–Crippen MR) is 78.1 cm³/mol. The number of halogens is 1. The maximum Gasteiger partial charge on any atom is 0.128 e. The Morgan fingerprint density at radius 3 is 2.79 bits per heavy atom. The lowest BCUT2D eigenvalue weighted by atomic mass is 10.1. The molecule has 0 bridgehead atoms. The standard InChI is InChI=1S/C14H23ClN2O2/c1-11-9-17-13(12(2)14(11)18-3)10-16-6-4-7-19-8-5-15/h9,16H,4-8,10H2,1-3H3. The second-order valence-corrected chi connectivity index (χ2v) is 4.76. The number of rotatable bonds is 9. The van der Waals surface area contributed by atoms with Gasteiger partial charge in [-0.3, -0.25) is 4.98 Å². The minimum atomic E-state index is 0.555. The average Bonchev–Trinajstić information content (AvgIpc) is 2.40. The highest BCUT2D eigenvalue weighted by Crippen LogP contribution is 2.23. The van der Waals surface area contributed by atoms with Crippen molar-refractivity contribution in [2.45, 2.75) is 26.8 Å². The molecule has 0 aromatic carbocycles. The van der Waals surface area contributed by atoms with Crippen LogP contribution in [0.25, 0.3) is 0 Å². The zero-order valence-corrected chi connectivity index (χ0v) is 12.7. The van der Waals surface area contributed by atoms with Gasteiger partial charge in [0.25, 0.3) is 0 Å². The van der Waals surface area contributed by atoms with Gasteiger partial charge in [0, 0.05) is 36.4 Å². The number of ether oxygens (including phenoxy) is 2. The summed E-state index contributed by atoms with van der Waals surface area (Å²) in [4.78, 5) is 4.44. The zero-order chi connectivity index (χ0) is 14.1. The Hall–Kier alpha value is -0.840. The topological polar surface area (TPSA) is 43.4 Å². The normalized spacial score (nSPS) is 10.7. The Bertz CT molecular complexity index is 386. The fourth-order valence-electron chi connectivity index (χ4n) is 1.91. The van der Waals surface area contributed by atoms with Crippen LogP contribution in [0.5, 0.6) is 5.75 Å². The molecule has 0 spiro atoms. The van der Waals surface area contributed by atoms with E-state index in [9.17, 15) is 0 Å². The minimum absolute atomic E-state index is 0.555. The van der Waals surface area contributed by atoms with E-state index in [0.29, 0.717) is 12.5 Å². The number of pyridine rings is 1. The molecule has 0 fully saturated rings. The number of aromatic nitrogens is 1. The molecule has 5 heteroatoms. The lowest BCUT2D eigenvalue weighted by Gasteiger charge is -2.12. The van der Waals surface area contributed by atoms with Gasteiger partial charge in [0.05, 0.1) is 19.4 Å². The van der Waals surface area contributed by atoms with Crippen LogP contribution in [0.15, 0.2) is 6.20 Å². The lowest BCUT2D eigenvalue weighted by Crippen LogP contribution is -2.18. The monoisotopic (exact) mass is 286 g/mol. The molecule has 0 unspecified atom stereocenters. The van der Waals surface area contributed by atoms with E-state index >= 15 is 0 Å². The van der Waals surface area contributed by atoms with Crippen molar-refractivity contribution in [2.75, 3.05) is 32.7 Å². The largest absolute Gasteiger partial charge is 0.496 e. The molecular formula is C14H23ClN2O2. The zero-order valence-electron chi connectivity index (χ0n) is 12.0. The van der Waals surface area contributed by atoms with E-state index in [1.54, 1.807) is 7.11 Å². The van der Waals surface area contributed by atoms with Crippen molar-refractivity contribution >= 4 is 11.6 Å². The number of nitrogens with one attached hydrogen (secondary N) is 1. The van der Waals surface area contributed by atoms with E-state index in [2.05, 4.69) is 10.3 Å². The van der Waals surface area contributed by atoms with Crippen LogP contribution in [0.1, 0.15) is 23.2 Å². The summed E-state index contributed by atoms with van der Waals surface area (Å²) >= 11 is 5.52. The van der Waals surface area contributed by atoms with Crippen LogP contribution in [0.4, 0.5) is 0 Å². The Labute approximate surface area is 120 Å². The van der Waals surface area contributed by atoms with Crippen molar-refractivity contribution in [1.82, 2.24) is 10.3 Å². The van der Waals surface area contributed by atoms with Gasteiger partial charge in [-0.1, -0.05) is 0 Å². The van der Waals surface area contributed by atoms with Crippen LogP contribution in [0.3, 0.4) is 0 Å². The molecule has 0 aliphatic rings. The first kappa shape index (κ1) is 16.2. The second kappa shape index (κ2) is 9.13. The fourth-order valence-corrected chi connectivity index (χ4v) is 2.02. The molecule has 0 radical (unpaired) electrons. The molecule has 0 aliphatic heterocycles. The van der Waals surface area contributed by atoms with E-state index < -0.39 is 0 Å². The first-order chi connectivity index (χ1) is 9.20. The maximum absolute atomic E-state index is 5.52. The lowest BCUT2D eigenvalue weighted by molar-refractivity contribution is 0.146. The quantitative estimate of drug-likeness (QED) is 0.559. The van der Waals surface area contributed by atoms with Gasteiger partial charge in [0.2, 0.25) is 0 Å². The Morgan fingerprint density at radius 1 is 1.32 bits per heavy atom. The summed E-state index contributed by atoms with van der Waals surface area (Å²) < 4.78 is 10.7. The summed E-state index contributed by atoms with van der Waals surface area (Å²) in [5, 5.41) is 3.36. The molecule has 1 N–H and O–H groups in total. The van der Waals surface area contributed by atoms with Crippen LogP contribution >= 0.6 is 11.6 Å². The van der Waals surface area contributed by atoms with Gasteiger partial charge >= 0.3 is 0 Å². The fraction of sp³-hybridized carbons (Fsp3) is 0.643. The number of nitrogens with zero attached hydrogens (tertiary/aromatic N) is 1. The first-order valence-corrected chi connectivity index (χ1v) is 7.07. The average molecular weight is 287 g/mol. The summed E-state index contributed by atoms with van der Waals surface area (Å²) in [5.41, 5.74) is 3.20. The van der Waals surface area contributed by atoms with Gasteiger partial charge in [0.1, 0.15) is 5.75 Å². The van der Waals surface area contributed by atoms with E-state index in [1.165, 1.54) is 0 Å². The van der Waals surface area contributed by atoms with E-state index in [-0.39, 0.29) is 0 Å². The van der Waals surface area contributed by atoms with Crippen molar-refractivity contribution in [3.63, 3.8) is 0 Å². The SMILES string of the molecule is COc1c(C)cnc(CNCCCOCCCl)c1C. The second-order valence-electron chi connectivity index (χ2n) is 4.38. The van der Waals surface area contributed by atoms with Crippen molar-refractivity contribution in [1.29, 1.82) is 0 Å². The van der Waals surface area contributed by atoms with Crippen molar-refractivity contribution in [3.8, 4) is 5.75 Å². The molecule has 0 amide bonds. The van der Waals surface area contributed by atoms with Gasteiger partial charge in [-0.2, -0.15) is 0 Å². The highest BCUT2D eigenvalue weighted by atomic mass is 35.5. The molecule has 108 valence electrons. The molecular weight excluding hydrogens is 264 g/mol. The Kier molecular flexibility index (Phi) is 7.79. The number of alkyl halides is 1. The van der Waals surface area contributed by atoms with E-state index in [1.807, 2.05) is 20.0 Å². The molecule has 1 aromatic rings.